The first-order valence-electron chi connectivity index (χ1n) is 7.92. The molecule has 2 rings (SSSR count). The maximum atomic E-state index is 11.9. The molecule has 0 atom stereocenters. The van der Waals surface area contributed by atoms with E-state index in [0.29, 0.717) is 18.1 Å². The molecule has 0 spiro atoms. The Morgan fingerprint density at radius 2 is 1.84 bits per heavy atom. The molecule has 0 aliphatic carbocycles. The number of carbonyl (C=O) groups excluding carboxylic acids is 1. The number of carbonyl (C=O) groups is 1. The van der Waals surface area contributed by atoms with Gasteiger partial charge in [0, 0.05) is 0 Å². The molecular weight excluding hydrogens is 320 g/mol. The van der Waals surface area contributed by atoms with Crippen LogP contribution in [0.3, 0.4) is 0 Å². The number of hydrogen-bond acceptors (Lipinski definition) is 5. The normalized spacial score (nSPS) is 10.5. The van der Waals surface area contributed by atoms with Gasteiger partial charge in [-0.3, -0.25) is 4.79 Å². The summed E-state index contributed by atoms with van der Waals surface area (Å²) in [6, 6.07) is 12.8. The number of rotatable bonds is 8. The molecule has 0 aliphatic heterocycles. The summed E-state index contributed by atoms with van der Waals surface area (Å²) in [6.07, 6.45) is 1.80. The standard InChI is InChI=1S/C19H22N2O4/c1-4-25-17-10-7-15(11-18(17)24-3)13-20-21-19(22)12-14-5-8-16(23-2)9-6-14/h5-11,13H,4,12H2,1-3H3,(H,21,22)/b20-13-. The Balaban J connectivity index is 1.92. The smallest absolute Gasteiger partial charge is 0.244 e. The van der Waals surface area contributed by atoms with E-state index in [4.69, 9.17) is 14.2 Å². The average molecular weight is 342 g/mol. The first-order chi connectivity index (χ1) is 12.2. The van der Waals surface area contributed by atoms with Crippen LogP contribution >= 0.6 is 0 Å². The molecule has 2 aromatic rings. The van der Waals surface area contributed by atoms with E-state index in [1.54, 1.807) is 26.5 Å². The van der Waals surface area contributed by atoms with Crippen LogP contribution in [-0.4, -0.2) is 32.9 Å². The Morgan fingerprint density at radius 1 is 1.08 bits per heavy atom. The van der Waals surface area contributed by atoms with E-state index in [1.807, 2.05) is 43.3 Å². The Bertz CT molecular complexity index is 727. The quantitative estimate of drug-likeness (QED) is 0.592. The van der Waals surface area contributed by atoms with Crippen LogP contribution in [0.2, 0.25) is 0 Å². The highest BCUT2D eigenvalue weighted by molar-refractivity contribution is 5.84. The first-order valence-corrected chi connectivity index (χ1v) is 7.92. The number of hydrogen-bond donors (Lipinski definition) is 1. The van der Waals surface area contributed by atoms with Crippen LogP contribution in [0.15, 0.2) is 47.6 Å². The van der Waals surface area contributed by atoms with Gasteiger partial charge in [0.15, 0.2) is 11.5 Å². The predicted octanol–water partition coefficient (Wildman–Crippen LogP) is 2.80. The van der Waals surface area contributed by atoms with Crippen LogP contribution < -0.4 is 19.6 Å². The van der Waals surface area contributed by atoms with Crippen LogP contribution in [0.5, 0.6) is 17.2 Å². The summed E-state index contributed by atoms with van der Waals surface area (Å²) in [7, 11) is 3.18. The van der Waals surface area contributed by atoms with Crippen LogP contribution in [0.4, 0.5) is 0 Å². The molecule has 0 aromatic heterocycles. The van der Waals surface area contributed by atoms with Crippen LogP contribution in [-0.2, 0) is 11.2 Å². The minimum absolute atomic E-state index is 0.195. The van der Waals surface area contributed by atoms with Gasteiger partial charge in [-0.1, -0.05) is 12.1 Å². The van der Waals surface area contributed by atoms with E-state index < -0.39 is 0 Å². The monoisotopic (exact) mass is 342 g/mol. The van der Waals surface area contributed by atoms with Crippen molar-refractivity contribution in [1.29, 1.82) is 0 Å². The first kappa shape index (κ1) is 18.3. The summed E-state index contributed by atoms with van der Waals surface area (Å²) in [6.45, 7) is 2.47. The molecule has 0 saturated heterocycles. The van der Waals surface area contributed by atoms with Crippen molar-refractivity contribution in [3.05, 3.63) is 53.6 Å². The van der Waals surface area contributed by atoms with Crippen molar-refractivity contribution in [1.82, 2.24) is 5.43 Å². The molecule has 0 bridgehead atoms. The zero-order valence-electron chi connectivity index (χ0n) is 14.6. The van der Waals surface area contributed by atoms with Crippen LogP contribution in [0.1, 0.15) is 18.1 Å². The third-order valence-electron chi connectivity index (χ3n) is 3.41. The second-order valence-corrected chi connectivity index (χ2v) is 5.16. The van der Waals surface area contributed by atoms with E-state index in [1.165, 1.54) is 0 Å². The summed E-state index contributed by atoms with van der Waals surface area (Å²) < 4.78 is 15.8. The Hall–Kier alpha value is -3.02. The van der Waals surface area contributed by atoms with Crippen molar-refractivity contribution in [2.75, 3.05) is 20.8 Å². The highest BCUT2D eigenvalue weighted by Crippen LogP contribution is 2.27. The molecule has 0 unspecified atom stereocenters. The van der Waals surface area contributed by atoms with Gasteiger partial charge in [0.05, 0.1) is 33.5 Å². The summed E-state index contributed by atoms with van der Waals surface area (Å²) in [5.74, 6) is 1.85. The molecule has 1 amide bonds. The van der Waals surface area contributed by atoms with E-state index in [0.717, 1.165) is 16.9 Å². The van der Waals surface area contributed by atoms with E-state index >= 15 is 0 Å². The fraction of sp³-hybridized carbons (Fsp3) is 0.263. The van der Waals surface area contributed by atoms with Crippen molar-refractivity contribution < 1.29 is 19.0 Å². The summed E-state index contributed by atoms with van der Waals surface area (Å²) >= 11 is 0. The highest BCUT2D eigenvalue weighted by Gasteiger charge is 2.05. The Labute approximate surface area is 147 Å². The minimum Gasteiger partial charge on any atom is -0.497 e. The van der Waals surface area contributed by atoms with Gasteiger partial charge in [-0.15, -0.1) is 0 Å². The predicted molar refractivity (Wildman–Crippen MR) is 96.6 cm³/mol. The lowest BCUT2D eigenvalue weighted by molar-refractivity contribution is -0.120. The maximum Gasteiger partial charge on any atom is 0.244 e. The van der Waals surface area contributed by atoms with Gasteiger partial charge in [0.2, 0.25) is 5.91 Å². The summed E-state index contributed by atoms with van der Waals surface area (Å²) in [5.41, 5.74) is 4.19. The van der Waals surface area contributed by atoms with Gasteiger partial charge >= 0.3 is 0 Å². The summed E-state index contributed by atoms with van der Waals surface area (Å²) in [5, 5.41) is 3.98. The molecular formula is C19H22N2O4. The molecule has 1 N–H and O–H groups in total. The number of amides is 1. The van der Waals surface area contributed by atoms with E-state index in [-0.39, 0.29) is 12.3 Å². The minimum atomic E-state index is -0.195. The lowest BCUT2D eigenvalue weighted by Gasteiger charge is -2.09. The third kappa shape index (κ3) is 5.53. The SMILES string of the molecule is CCOc1ccc(/C=N\NC(=O)Cc2ccc(OC)cc2)cc1OC. The number of hydrazone groups is 1. The number of methoxy groups -OCH3 is 2. The highest BCUT2D eigenvalue weighted by atomic mass is 16.5. The van der Waals surface area contributed by atoms with Crippen LogP contribution in [0, 0.1) is 0 Å². The van der Waals surface area contributed by atoms with Gasteiger partial charge in [0.25, 0.3) is 0 Å². The number of nitrogens with one attached hydrogen (secondary N) is 1. The molecule has 25 heavy (non-hydrogen) atoms. The number of nitrogens with zero attached hydrogens (tertiary/aromatic N) is 1. The molecule has 6 nitrogen and oxygen atoms in total. The largest absolute Gasteiger partial charge is 0.497 e. The van der Waals surface area contributed by atoms with Crippen molar-refractivity contribution in [2.45, 2.75) is 13.3 Å². The average Bonchev–Trinajstić information content (AvgIpc) is 2.63. The van der Waals surface area contributed by atoms with Crippen LogP contribution in [0.25, 0.3) is 0 Å². The second-order valence-electron chi connectivity index (χ2n) is 5.16. The number of ether oxygens (including phenoxy) is 3. The molecule has 0 fully saturated rings. The molecule has 0 radical (unpaired) electrons. The Morgan fingerprint density at radius 3 is 2.48 bits per heavy atom. The lowest BCUT2D eigenvalue weighted by atomic mass is 10.1. The maximum absolute atomic E-state index is 11.9. The van der Waals surface area contributed by atoms with Gasteiger partial charge in [-0.2, -0.15) is 5.10 Å². The van der Waals surface area contributed by atoms with Crippen molar-refractivity contribution in [2.24, 2.45) is 5.10 Å². The lowest BCUT2D eigenvalue weighted by Crippen LogP contribution is -2.19. The Kier molecular flexibility index (Phi) is 6.83. The third-order valence-corrected chi connectivity index (χ3v) is 3.41. The van der Waals surface area contributed by atoms with Gasteiger partial charge in [-0.05, 0) is 48.4 Å². The molecule has 0 saturated carbocycles. The molecule has 6 heteroatoms. The second kappa shape index (κ2) is 9.32. The summed E-state index contributed by atoms with van der Waals surface area (Å²) in [4.78, 5) is 11.9. The topological polar surface area (TPSA) is 69.2 Å². The fourth-order valence-corrected chi connectivity index (χ4v) is 2.19. The van der Waals surface area contributed by atoms with Gasteiger partial charge in [-0.25, -0.2) is 5.43 Å². The zero-order chi connectivity index (χ0) is 18.1. The van der Waals surface area contributed by atoms with Gasteiger partial charge < -0.3 is 14.2 Å². The van der Waals surface area contributed by atoms with E-state index in [9.17, 15) is 4.79 Å². The van der Waals surface area contributed by atoms with Crippen molar-refractivity contribution in [3.63, 3.8) is 0 Å². The number of benzene rings is 2. The molecule has 0 aliphatic rings. The molecule has 2 aromatic carbocycles. The fourth-order valence-electron chi connectivity index (χ4n) is 2.19. The van der Waals surface area contributed by atoms with E-state index in [2.05, 4.69) is 10.5 Å². The van der Waals surface area contributed by atoms with Gasteiger partial charge in [0.1, 0.15) is 5.75 Å². The van der Waals surface area contributed by atoms with Crippen molar-refractivity contribution >= 4 is 12.1 Å². The molecule has 0 heterocycles. The zero-order valence-corrected chi connectivity index (χ0v) is 14.6. The molecule has 132 valence electrons. The van der Waals surface area contributed by atoms with Crippen molar-refractivity contribution in [3.8, 4) is 17.2 Å².